The molecule has 21 heavy (non-hydrogen) atoms. The lowest BCUT2D eigenvalue weighted by Crippen LogP contribution is -1.97. The standard InChI is InChI=1S/C17H19N3O/c1-10-6-11(2)15(12(3)7-10)16-17(18)20-5-4-13(9-21)8-14(20)19-16/h4-8,21H,9,18H2,1-3H3. The number of aliphatic hydroxyl groups excluding tert-OH is 1. The quantitative estimate of drug-likeness (QED) is 0.759. The molecule has 0 atom stereocenters. The van der Waals surface area contributed by atoms with Crippen molar-refractivity contribution in [3.63, 3.8) is 0 Å². The predicted molar refractivity (Wildman–Crippen MR) is 85.2 cm³/mol. The number of fused-ring (bicyclic) bond motifs is 1. The third-order valence-corrected chi connectivity index (χ3v) is 3.82. The van der Waals surface area contributed by atoms with Crippen molar-refractivity contribution in [2.75, 3.05) is 5.73 Å². The number of benzene rings is 1. The largest absolute Gasteiger partial charge is 0.392 e. The molecule has 0 amide bonds. The Labute approximate surface area is 123 Å². The summed E-state index contributed by atoms with van der Waals surface area (Å²) in [4.78, 5) is 4.67. The first-order valence-corrected chi connectivity index (χ1v) is 6.97. The molecule has 4 nitrogen and oxygen atoms in total. The van der Waals surface area contributed by atoms with Crippen LogP contribution in [0, 0.1) is 20.8 Å². The zero-order valence-corrected chi connectivity index (χ0v) is 12.5. The first-order valence-electron chi connectivity index (χ1n) is 6.97. The van der Waals surface area contributed by atoms with E-state index in [-0.39, 0.29) is 6.61 Å². The number of nitrogens with zero attached hydrogens (tertiary/aromatic N) is 2. The van der Waals surface area contributed by atoms with Gasteiger partial charge in [-0.15, -0.1) is 0 Å². The molecule has 0 unspecified atom stereocenters. The van der Waals surface area contributed by atoms with E-state index >= 15 is 0 Å². The number of hydrogen-bond acceptors (Lipinski definition) is 3. The number of nitrogens with two attached hydrogens (primary N) is 1. The minimum atomic E-state index is 0.00118. The molecule has 0 radical (unpaired) electrons. The van der Waals surface area contributed by atoms with E-state index in [1.54, 1.807) is 0 Å². The predicted octanol–water partition coefficient (Wildman–Crippen LogP) is 3.00. The second-order valence-corrected chi connectivity index (χ2v) is 5.54. The third-order valence-electron chi connectivity index (χ3n) is 3.82. The summed E-state index contributed by atoms with van der Waals surface area (Å²) in [5.41, 5.74) is 13.3. The van der Waals surface area contributed by atoms with Crippen LogP contribution in [-0.2, 0) is 6.61 Å². The molecule has 0 fully saturated rings. The Bertz CT molecular complexity index is 810. The third kappa shape index (κ3) is 2.17. The number of anilines is 1. The van der Waals surface area contributed by atoms with Gasteiger partial charge in [-0.3, -0.25) is 4.40 Å². The molecule has 3 rings (SSSR count). The molecule has 4 heteroatoms. The molecule has 0 bridgehead atoms. The fraction of sp³-hybridized carbons (Fsp3) is 0.235. The molecule has 0 aliphatic heterocycles. The lowest BCUT2D eigenvalue weighted by Gasteiger charge is -2.09. The van der Waals surface area contributed by atoms with Gasteiger partial charge in [0.25, 0.3) is 0 Å². The lowest BCUT2D eigenvalue weighted by atomic mass is 9.97. The average molecular weight is 281 g/mol. The van der Waals surface area contributed by atoms with E-state index in [0.717, 1.165) is 22.5 Å². The first kappa shape index (κ1) is 13.6. The molecule has 2 heterocycles. The molecular formula is C17H19N3O. The minimum Gasteiger partial charge on any atom is -0.392 e. The molecule has 1 aromatic carbocycles. The van der Waals surface area contributed by atoms with Crippen molar-refractivity contribution in [2.45, 2.75) is 27.4 Å². The van der Waals surface area contributed by atoms with Gasteiger partial charge in [-0.2, -0.15) is 0 Å². The van der Waals surface area contributed by atoms with Crippen LogP contribution in [-0.4, -0.2) is 14.5 Å². The van der Waals surface area contributed by atoms with Gasteiger partial charge >= 0.3 is 0 Å². The van der Waals surface area contributed by atoms with Crippen LogP contribution in [0.5, 0.6) is 0 Å². The van der Waals surface area contributed by atoms with E-state index in [2.05, 4.69) is 37.9 Å². The van der Waals surface area contributed by atoms with Crippen LogP contribution in [0.4, 0.5) is 5.82 Å². The summed E-state index contributed by atoms with van der Waals surface area (Å²) in [7, 11) is 0. The Morgan fingerprint density at radius 3 is 2.43 bits per heavy atom. The number of aryl methyl sites for hydroxylation is 3. The van der Waals surface area contributed by atoms with Crippen LogP contribution in [0.1, 0.15) is 22.3 Å². The normalized spacial score (nSPS) is 11.2. The van der Waals surface area contributed by atoms with Crippen LogP contribution in [0.2, 0.25) is 0 Å². The molecule has 0 saturated carbocycles. The van der Waals surface area contributed by atoms with Gasteiger partial charge < -0.3 is 10.8 Å². The Kier molecular flexibility index (Phi) is 3.18. The molecular weight excluding hydrogens is 262 g/mol. The zero-order chi connectivity index (χ0) is 15.1. The van der Waals surface area contributed by atoms with Crippen LogP contribution in [0.15, 0.2) is 30.5 Å². The van der Waals surface area contributed by atoms with Crippen molar-refractivity contribution < 1.29 is 5.11 Å². The van der Waals surface area contributed by atoms with E-state index in [4.69, 9.17) is 5.73 Å². The molecule has 3 aromatic rings. The van der Waals surface area contributed by atoms with Gasteiger partial charge in [-0.25, -0.2) is 4.98 Å². The maximum Gasteiger partial charge on any atom is 0.139 e. The summed E-state index contributed by atoms with van der Waals surface area (Å²) < 4.78 is 1.85. The van der Waals surface area contributed by atoms with Gasteiger partial charge in [0, 0.05) is 11.8 Å². The highest BCUT2D eigenvalue weighted by atomic mass is 16.3. The van der Waals surface area contributed by atoms with Crippen LogP contribution >= 0.6 is 0 Å². The van der Waals surface area contributed by atoms with E-state index < -0.39 is 0 Å². The fourth-order valence-electron chi connectivity index (χ4n) is 2.94. The summed E-state index contributed by atoms with van der Waals surface area (Å²) in [6.45, 7) is 6.25. The van der Waals surface area contributed by atoms with Crippen molar-refractivity contribution >= 4 is 11.5 Å². The number of imidazole rings is 1. The maximum absolute atomic E-state index is 9.24. The fourth-order valence-corrected chi connectivity index (χ4v) is 2.94. The average Bonchev–Trinajstić information content (AvgIpc) is 2.74. The Hall–Kier alpha value is -2.33. The summed E-state index contributed by atoms with van der Waals surface area (Å²) in [6, 6.07) is 8.00. The molecule has 3 N–H and O–H groups in total. The summed E-state index contributed by atoms with van der Waals surface area (Å²) >= 11 is 0. The van der Waals surface area contributed by atoms with Crippen LogP contribution in [0.3, 0.4) is 0 Å². The molecule has 108 valence electrons. The first-order chi connectivity index (χ1) is 10.0. The van der Waals surface area contributed by atoms with Gasteiger partial charge in [0.05, 0.1) is 6.61 Å². The summed E-state index contributed by atoms with van der Waals surface area (Å²) in [5, 5.41) is 9.24. The maximum atomic E-state index is 9.24. The second kappa shape index (κ2) is 4.90. The van der Waals surface area contributed by atoms with E-state index in [1.807, 2.05) is 22.7 Å². The van der Waals surface area contributed by atoms with Gasteiger partial charge in [0.15, 0.2) is 0 Å². The SMILES string of the molecule is Cc1cc(C)c(-c2nc3cc(CO)ccn3c2N)c(C)c1. The number of pyridine rings is 1. The van der Waals surface area contributed by atoms with Gasteiger partial charge in [-0.1, -0.05) is 17.7 Å². The Morgan fingerprint density at radius 2 is 1.81 bits per heavy atom. The van der Waals surface area contributed by atoms with Crippen molar-refractivity contribution in [3.8, 4) is 11.3 Å². The zero-order valence-electron chi connectivity index (χ0n) is 12.5. The highest BCUT2D eigenvalue weighted by molar-refractivity contribution is 5.79. The number of hydrogen-bond donors (Lipinski definition) is 2. The molecule has 0 aliphatic rings. The van der Waals surface area contributed by atoms with Crippen LogP contribution in [0.25, 0.3) is 16.9 Å². The summed E-state index contributed by atoms with van der Waals surface area (Å²) in [6.07, 6.45) is 1.85. The molecule has 0 aliphatic carbocycles. The number of aliphatic hydroxyl groups is 1. The van der Waals surface area contributed by atoms with Crippen molar-refractivity contribution in [3.05, 3.63) is 52.7 Å². The minimum absolute atomic E-state index is 0.00118. The van der Waals surface area contributed by atoms with Crippen molar-refractivity contribution in [1.29, 1.82) is 0 Å². The topological polar surface area (TPSA) is 63.5 Å². The van der Waals surface area contributed by atoms with Gasteiger partial charge in [0.1, 0.15) is 17.2 Å². The van der Waals surface area contributed by atoms with Crippen LogP contribution < -0.4 is 5.73 Å². The number of nitrogen functional groups attached to an aromatic ring is 1. The van der Waals surface area contributed by atoms with E-state index in [1.165, 1.54) is 16.7 Å². The summed E-state index contributed by atoms with van der Waals surface area (Å²) in [5.74, 6) is 0.629. The van der Waals surface area contributed by atoms with Crippen molar-refractivity contribution in [1.82, 2.24) is 9.38 Å². The monoisotopic (exact) mass is 281 g/mol. The van der Waals surface area contributed by atoms with E-state index in [0.29, 0.717) is 5.82 Å². The van der Waals surface area contributed by atoms with Crippen molar-refractivity contribution in [2.24, 2.45) is 0 Å². The second-order valence-electron chi connectivity index (χ2n) is 5.54. The lowest BCUT2D eigenvalue weighted by molar-refractivity contribution is 0.282. The highest BCUT2D eigenvalue weighted by Gasteiger charge is 2.15. The number of rotatable bonds is 2. The Morgan fingerprint density at radius 1 is 1.14 bits per heavy atom. The van der Waals surface area contributed by atoms with Gasteiger partial charge in [0.2, 0.25) is 0 Å². The smallest absolute Gasteiger partial charge is 0.139 e. The van der Waals surface area contributed by atoms with E-state index in [9.17, 15) is 5.11 Å². The number of aromatic nitrogens is 2. The Balaban J connectivity index is 2.28. The molecule has 2 aromatic heterocycles. The van der Waals surface area contributed by atoms with Gasteiger partial charge in [-0.05, 0) is 49.6 Å². The highest BCUT2D eigenvalue weighted by Crippen LogP contribution is 2.32. The molecule has 0 saturated heterocycles. The molecule has 0 spiro atoms.